The second-order valence-electron chi connectivity index (χ2n) is 6.28. The number of piperidine rings is 1. The highest BCUT2D eigenvalue weighted by Crippen LogP contribution is 2.25. The highest BCUT2D eigenvalue weighted by Gasteiger charge is 2.30. The molecule has 1 fully saturated rings. The second-order valence-corrected chi connectivity index (χ2v) is 7.28. The molecule has 116 valence electrons. The van der Waals surface area contributed by atoms with Gasteiger partial charge in [-0.15, -0.1) is 11.3 Å². The Bertz CT molecular complexity index is 501. The average Bonchev–Trinajstić information content (AvgIpc) is 2.96. The van der Waals surface area contributed by atoms with Gasteiger partial charge in [0.1, 0.15) is 0 Å². The quantitative estimate of drug-likeness (QED) is 0.927. The van der Waals surface area contributed by atoms with Crippen molar-refractivity contribution < 1.29 is 4.79 Å². The number of amides is 1. The van der Waals surface area contributed by atoms with E-state index in [0.717, 1.165) is 25.9 Å². The number of hydrogen-bond acceptors (Lipinski definition) is 4. The maximum absolute atomic E-state index is 12.7. The normalized spacial score (nSPS) is 26.7. The highest BCUT2D eigenvalue weighted by atomic mass is 32.1. The van der Waals surface area contributed by atoms with Crippen molar-refractivity contribution in [2.75, 3.05) is 19.6 Å². The summed E-state index contributed by atoms with van der Waals surface area (Å²) in [5.74, 6) is 0.263. The molecule has 0 aromatic carbocycles. The number of carbonyl (C=O) groups is 1. The Balaban J connectivity index is 1.63. The molecule has 5 heteroatoms. The van der Waals surface area contributed by atoms with E-state index in [1.807, 2.05) is 16.2 Å². The summed E-state index contributed by atoms with van der Waals surface area (Å²) in [5.41, 5.74) is 7.23. The molecule has 4 nitrogen and oxygen atoms in total. The first-order valence-electron chi connectivity index (χ1n) is 7.98. The van der Waals surface area contributed by atoms with Gasteiger partial charge >= 0.3 is 0 Å². The van der Waals surface area contributed by atoms with E-state index in [1.165, 1.54) is 23.3 Å². The van der Waals surface area contributed by atoms with Crippen LogP contribution in [0.3, 0.4) is 0 Å². The Morgan fingerprint density at radius 2 is 2.33 bits per heavy atom. The topological polar surface area (TPSA) is 49.6 Å². The number of fused-ring (bicyclic) bond motifs is 1. The van der Waals surface area contributed by atoms with Crippen molar-refractivity contribution in [3.63, 3.8) is 0 Å². The minimum Gasteiger partial charge on any atom is -0.337 e. The fraction of sp³-hybridized carbons (Fsp3) is 0.688. The molecule has 2 aliphatic rings. The lowest BCUT2D eigenvalue weighted by molar-refractivity contribution is -0.135. The minimum atomic E-state index is 0.263. The molecule has 0 aliphatic carbocycles. The maximum atomic E-state index is 12.7. The second kappa shape index (κ2) is 6.46. The van der Waals surface area contributed by atoms with Crippen LogP contribution in [0.15, 0.2) is 11.4 Å². The first kappa shape index (κ1) is 15.0. The zero-order valence-corrected chi connectivity index (χ0v) is 13.6. The van der Waals surface area contributed by atoms with Gasteiger partial charge in [0.25, 0.3) is 0 Å². The predicted molar refractivity (Wildman–Crippen MR) is 86.3 cm³/mol. The molecule has 2 N–H and O–H groups in total. The van der Waals surface area contributed by atoms with Crippen molar-refractivity contribution in [1.82, 2.24) is 9.80 Å². The molecular weight excluding hydrogens is 282 g/mol. The lowest BCUT2D eigenvalue weighted by Crippen LogP contribution is -2.53. The first-order valence-corrected chi connectivity index (χ1v) is 8.86. The smallest absolute Gasteiger partial charge is 0.237 e. The molecule has 2 unspecified atom stereocenters. The number of likely N-dealkylation sites (tertiary alicyclic amines) is 1. The van der Waals surface area contributed by atoms with E-state index >= 15 is 0 Å². The van der Waals surface area contributed by atoms with Gasteiger partial charge in [0, 0.05) is 36.6 Å². The Labute approximate surface area is 130 Å². The van der Waals surface area contributed by atoms with Gasteiger partial charge in [-0.2, -0.15) is 0 Å². The molecule has 0 spiro atoms. The summed E-state index contributed by atoms with van der Waals surface area (Å²) in [6, 6.07) is 3.00. The van der Waals surface area contributed by atoms with Crippen LogP contribution in [0.1, 0.15) is 36.6 Å². The molecular formula is C16H25N3OS. The van der Waals surface area contributed by atoms with Crippen molar-refractivity contribution in [3.05, 3.63) is 21.9 Å². The lowest BCUT2D eigenvalue weighted by atomic mass is 9.96. The third-order valence-corrected chi connectivity index (χ3v) is 5.97. The van der Waals surface area contributed by atoms with E-state index in [0.29, 0.717) is 25.2 Å². The van der Waals surface area contributed by atoms with Gasteiger partial charge in [0.05, 0.1) is 6.54 Å². The predicted octanol–water partition coefficient (Wildman–Crippen LogP) is 1.83. The van der Waals surface area contributed by atoms with Gasteiger partial charge in [0.15, 0.2) is 0 Å². The van der Waals surface area contributed by atoms with Crippen LogP contribution in [-0.4, -0.2) is 47.4 Å². The molecule has 2 aliphatic heterocycles. The van der Waals surface area contributed by atoms with E-state index in [2.05, 4.69) is 23.3 Å². The van der Waals surface area contributed by atoms with Crippen molar-refractivity contribution in [1.29, 1.82) is 0 Å². The maximum Gasteiger partial charge on any atom is 0.237 e. The summed E-state index contributed by atoms with van der Waals surface area (Å²) in [4.78, 5) is 18.4. The zero-order chi connectivity index (χ0) is 14.8. The number of nitrogens with two attached hydrogens (primary N) is 1. The Kier molecular flexibility index (Phi) is 4.62. The van der Waals surface area contributed by atoms with Crippen LogP contribution in [0.5, 0.6) is 0 Å². The molecule has 1 amide bonds. The molecule has 3 rings (SSSR count). The van der Waals surface area contributed by atoms with Gasteiger partial charge in [-0.1, -0.05) is 6.42 Å². The summed E-state index contributed by atoms with van der Waals surface area (Å²) >= 11 is 1.81. The molecule has 0 radical (unpaired) electrons. The molecule has 1 aromatic rings. The van der Waals surface area contributed by atoms with Crippen LogP contribution in [0.4, 0.5) is 0 Å². The van der Waals surface area contributed by atoms with Crippen LogP contribution in [-0.2, 0) is 17.8 Å². The van der Waals surface area contributed by atoms with E-state index in [-0.39, 0.29) is 5.91 Å². The van der Waals surface area contributed by atoms with Crippen LogP contribution >= 0.6 is 11.3 Å². The minimum absolute atomic E-state index is 0.263. The monoisotopic (exact) mass is 307 g/mol. The number of nitrogens with zero attached hydrogens (tertiary/aromatic N) is 2. The van der Waals surface area contributed by atoms with E-state index in [1.54, 1.807) is 0 Å². The Hall–Kier alpha value is -0.910. The van der Waals surface area contributed by atoms with E-state index in [4.69, 9.17) is 5.73 Å². The van der Waals surface area contributed by atoms with Crippen molar-refractivity contribution >= 4 is 17.2 Å². The van der Waals surface area contributed by atoms with Gasteiger partial charge < -0.3 is 10.6 Å². The standard InChI is InChI=1S/C16H25N3OS/c1-12-3-2-4-14(9-17)19(12)11-16(20)18-7-5-15-13(10-18)6-8-21-15/h6,8,12,14H,2-5,7,9-11,17H2,1H3. The van der Waals surface area contributed by atoms with Crippen LogP contribution in [0, 0.1) is 0 Å². The third kappa shape index (κ3) is 3.15. The summed E-state index contributed by atoms with van der Waals surface area (Å²) in [5, 5.41) is 2.13. The average molecular weight is 307 g/mol. The van der Waals surface area contributed by atoms with Gasteiger partial charge in [-0.3, -0.25) is 9.69 Å². The Morgan fingerprint density at radius 3 is 3.14 bits per heavy atom. The summed E-state index contributed by atoms with van der Waals surface area (Å²) < 4.78 is 0. The summed E-state index contributed by atoms with van der Waals surface area (Å²) in [7, 11) is 0. The molecule has 1 aromatic heterocycles. The third-order valence-electron chi connectivity index (χ3n) is 4.94. The highest BCUT2D eigenvalue weighted by molar-refractivity contribution is 7.10. The van der Waals surface area contributed by atoms with Crippen LogP contribution in [0.25, 0.3) is 0 Å². The Morgan fingerprint density at radius 1 is 1.48 bits per heavy atom. The van der Waals surface area contributed by atoms with E-state index in [9.17, 15) is 4.79 Å². The van der Waals surface area contributed by atoms with Gasteiger partial charge in [-0.05, 0) is 43.2 Å². The van der Waals surface area contributed by atoms with Crippen LogP contribution < -0.4 is 5.73 Å². The first-order chi connectivity index (χ1) is 10.2. The summed E-state index contributed by atoms with van der Waals surface area (Å²) in [6.45, 7) is 5.06. The number of carbonyl (C=O) groups excluding carboxylic acids is 1. The fourth-order valence-corrected chi connectivity index (χ4v) is 4.49. The molecule has 0 saturated carbocycles. The van der Waals surface area contributed by atoms with Crippen molar-refractivity contribution in [3.8, 4) is 0 Å². The molecule has 0 bridgehead atoms. The largest absolute Gasteiger partial charge is 0.337 e. The molecule has 1 saturated heterocycles. The molecule has 3 heterocycles. The summed E-state index contributed by atoms with van der Waals surface area (Å²) in [6.07, 6.45) is 4.55. The fourth-order valence-electron chi connectivity index (χ4n) is 3.60. The van der Waals surface area contributed by atoms with E-state index < -0.39 is 0 Å². The SMILES string of the molecule is CC1CCCC(CN)N1CC(=O)N1CCc2sccc2C1. The zero-order valence-electron chi connectivity index (χ0n) is 12.8. The van der Waals surface area contributed by atoms with Gasteiger partial charge in [0.2, 0.25) is 5.91 Å². The van der Waals surface area contributed by atoms with Gasteiger partial charge in [-0.25, -0.2) is 0 Å². The number of hydrogen-bond donors (Lipinski definition) is 1. The van der Waals surface area contributed by atoms with Crippen molar-refractivity contribution in [2.24, 2.45) is 5.73 Å². The van der Waals surface area contributed by atoms with Crippen LogP contribution in [0.2, 0.25) is 0 Å². The number of thiophene rings is 1. The van der Waals surface area contributed by atoms with Crippen molar-refractivity contribution in [2.45, 2.75) is 51.2 Å². The number of rotatable bonds is 3. The lowest BCUT2D eigenvalue weighted by Gasteiger charge is -2.41. The molecule has 21 heavy (non-hydrogen) atoms. The molecule has 2 atom stereocenters.